The Kier molecular flexibility index (Phi) is 2.96. The van der Waals surface area contributed by atoms with E-state index in [4.69, 9.17) is 10.5 Å². The fourth-order valence-corrected chi connectivity index (χ4v) is 2.83. The molecule has 1 atom stereocenters. The van der Waals surface area contributed by atoms with Gasteiger partial charge in [0, 0.05) is 24.5 Å². The van der Waals surface area contributed by atoms with Gasteiger partial charge in [0.1, 0.15) is 6.10 Å². The van der Waals surface area contributed by atoms with E-state index in [0.717, 1.165) is 49.2 Å². The zero-order chi connectivity index (χ0) is 12.5. The molecule has 2 heterocycles. The van der Waals surface area contributed by atoms with E-state index in [2.05, 4.69) is 0 Å². The van der Waals surface area contributed by atoms with Crippen LogP contribution >= 0.6 is 0 Å². The molecule has 0 aliphatic carbocycles. The van der Waals surface area contributed by atoms with Gasteiger partial charge in [0.2, 0.25) is 0 Å². The first-order valence-corrected chi connectivity index (χ1v) is 6.58. The number of carbonyl (C=O) groups is 1. The summed E-state index contributed by atoms with van der Waals surface area (Å²) in [4.78, 5) is 14.3. The normalized spacial score (nSPS) is 22.9. The number of ether oxygens (including phenoxy) is 1. The van der Waals surface area contributed by atoms with Crippen LogP contribution in [-0.2, 0) is 16.0 Å². The fraction of sp³-hybridized carbons (Fsp3) is 0.500. The molecule has 18 heavy (non-hydrogen) atoms. The highest BCUT2D eigenvalue weighted by atomic mass is 16.5. The SMILES string of the molecule is Nc1cccc2c1CCCN2C(=O)[C@H]1CCCO1. The highest BCUT2D eigenvalue weighted by Crippen LogP contribution is 2.32. The predicted octanol–water partition coefficient (Wildman–Crippen LogP) is 1.73. The topological polar surface area (TPSA) is 55.6 Å². The zero-order valence-corrected chi connectivity index (χ0v) is 10.4. The number of fused-ring (bicyclic) bond motifs is 1. The highest BCUT2D eigenvalue weighted by molar-refractivity contribution is 5.98. The molecule has 0 saturated carbocycles. The van der Waals surface area contributed by atoms with Crippen LogP contribution in [0.4, 0.5) is 11.4 Å². The summed E-state index contributed by atoms with van der Waals surface area (Å²) in [6.07, 6.45) is 3.50. The number of nitrogens with two attached hydrogens (primary N) is 1. The van der Waals surface area contributed by atoms with Crippen molar-refractivity contribution in [2.45, 2.75) is 31.8 Å². The van der Waals surface area contributed by atoms with Gasteiger partial charge in [0.05, 0.1) is 0 Å². The molecule has 0 unspecified atom stereocenters. The van der Waals surface area contributed by atoms with Crippen molar-refractivity contribution in [1.29, 1.82) is 0 Å². The van der Waals surface area contributed by atoms with Crippen LogP contribution in [0, 0.1) is 0 Å². The molecule has 3 rings (SSSR count). The number of carbonyl (C=O) groups excluding carboxylic acids is 1. The lowest BCUT2D eigenvalue weighted by atomic mass is 9.99. The molecule has 4 heteroatoms. The van der Waals surface area contributed by atoms with Gasteiger partial charge in [-0.25, -0.2) is 0 Å². The summed E-state index contributed by atoms with van der Waals surface area (Å²) in [5, 5.41) is 0. The Morgan fingerprint density at radius 1 is 1.39 bits per heavy atom. The summed E-state index contributed by atoms with van der Waals surface area (Å²) in [7, 11) is 0. The second-order valence-electron chi connectivity index (χ2n) is 4.94. The van der Waals surface area contributed by atoms with E-state index in [0.29, 0.717) is 6.61 Å². The van der Waals surface area contributed by atoms with Crippen LogP contribution in [0.5, 0.6) is 0 Å². The average Bonchev–Trinajstić information content (AvgIpc) is 2.92. The summed E-state index contributed by atoms with van der Waals surface area (Å²) in [6, 6.07) is 5.80. The Hall–Kier alpha value is -1.55. The van der Waals surface area contributed by atoms with Crippen LogP contribution < -0.4 is 10.6 Å². The molecule has 1 aromatic rings. The molecule has 4 nitrogen and oxygen atoms in total. The van der Waals surface area contributed by atoms with Gasteiger partial charge >= 0.3 is 0 Å². The molecular formula is C14H18N2O2. The number of amides is 1. The largest absolute Gasteiger partial charge is 0.398 e. The Morgan fingerprint density at radius 3 is 3.06 bits per heavy atom. The van der Waals surface area contributed by atoms with Gasteiger partial charge in [0.15, 0.2) is 0 Å². The van der Waals surface area contributed by atoms with Gasteiger partial charge in [-0.1, -0.05) is 6.07 Å². The van der Waals surface area contributed by atoms with Gasteiger partial charge in [-0.2, -0.15) is 0 Å². The summed E-state index contributed by atoms with van der Waals surface area (Å²) < 4.78 is 5.49. The van der Waals surface area contributed by atoms with Crippen molar-refractivity contribution in [2.24, 2.45) is 0 Å². The summed E-state index contributed by atoms with van der Waals surface area (Å²) in [6.45, 7) is 1.48. The van der Waals surface area contributed by atoms with Crippen LogP contribution in [0.25, 0.3) is 0 Å². The fourth-order valence-electron chi connectivity index (χ4n) is 2.83. The third-order valence-electron chi connectivity index (χ3n) is 3.76. The van der Waals surface area contributed by atoms with Crippen LogP contribution in [0.3, 0.4) is 0 Å². The van der Waals surface area contributed by atoms with Crippen molar-refractivity contribution in [3.05, 3.63) is 23.8 Å². The molecule has 96 valence electrons. The highest BCUT2D eigenvalue weighted by Gasteiger charge is 2.31. The van der Waals surface area contributed by atoms with E-state index in [1.807, 2.05) is 23.1 Å². The molecule has 0 bridgehead atoms. The first-order chi connectivity index (χ1) is 8.77. The van der Waals surface area contributed by atoms with Crippen LogP contribution in [0.2, 0.25) is 0 Å². The van der Waals surface area contributed by atoms with Gasteiger partial charge in [-0.15, -0.1) is 0 Å². The summed E-state index contributed by atoms with van der Waals surface area (Å²) >= 11 is 0. The molecular weight excluding hydrogens is 228 g/mol. The third kappa shape index (κ3) is 1.86. The van der Waals surface area contributed by atoms with Gasteiger partial charge in [-0.3, -0.25) is 4.79 Å². The van der Waals surface area contributed by atoms with Crippen LogP contribution in [0.15, 0.2) is 18.2 Å². The number of hydrogen-bond donors (Lipinski definition) is 1. The second-order valence-corrected chi connectivity index (χ2v) is 4.94. The van der Waals surface area contributed by atoms with Crippen molar-refractivity contribution in [1.82, 2.24) is 0 Å². The van der Waals surface area contributed by atoms with Gasteiger partial charge < -0.3 is 15.4 Å². The lowest BCUT2D eigenvalue weighted by Gasteiger charge is -2.31. The van der Waals surface area contributed by atoms with E-state index in [9.17, 15) is 4.79 Å². The second kappa shape index (κ2) is 4.61. The van der Waals surface area contributed by atoms with E-state index < -0.39 is 0 Å². The maximum atomic E-state index is 12.4. The van der Waals surface area contributed by atoms with E-state index in [-0.39, 0.29) is 12.0 Å². The number of anilines is 2. The van der Waals surface area contributed by atoms with Crippen molar-refractivity contribution in [2.75, 3.05) is 23.8 Å². The molecule has 1 aromatic carbocycles. The van der Waals surface area contributed by atoms with Crippen molar-refractivity contribution >= 4 is 17.3 Å². The zero-order valence-electron chi connectivity index (χ0n) is 10.4. The van der Waals surface area contributed by atoms with Crippen molar-refractivity contribution in [3.8, 4) is 0 Å². The van der Waals surface area contributed by atoms with Crippen molar-refractivity contribution < 1.29 is 9.53 Å². The predicted molar refractivity (Wildman–Crippen MR) is 70.5 cm³/mol. The number of nitrogen functional groups attached to an aromatic ring is 1. The quantitative estimate of drug-likeness (QED) is 0.768. The first-order valence-electron chi connectivity index (χ1n) is 6.58. The van der Waals surface area contributed by atoms with E-state index in [1.165, 1.54) is 0 Å². The summed E-state index contributed by atoms with van der Waals surface area (Å²) in [5.74, 6) is 0.0963. The third-order valence-corrected chi connectivity index (χ3v) is 3.76. The Morgan fingerprint density at radius 2 is 2.28 bits per heavy atom. The van der Waals surface area contributed by atoms with Gasteiger partial charge in [0.25, 0.3) is 5.91 Å². The lowest BCUT2D eigenvalue weighted by Crippen LogP contribution is -2.42. The molecule has 2 N–H and O–H groups in total. The Balaban J connectivity index is 1.91. The molecule has 2 aliphatic rings. The maximum absolute atomic E-state index is 12.4. The maximum Gasteiger partial charge on any atom is 0.256 e. The van der Waals surface area contributed by atoms with Crippen LogP contribution in [-0.4, -0.2) is 25.2 Å². The number of nitrogens with zero attached hydrogens (tertiary/aromatic N) is 1. The Labute approximate surface area is 107 Å². The smallest absolute Gasteiger partial charge is 0.256 e. The average molecular weight is 246 g/mol. The number of hydrogen-bond acceptors (Lipinski definition) is 3. The standard InChI is InChI=1S/C14H18N2O2/c15-11-5-1-6-12-10(11)4-2-8-16(12)14(17)13-7-3-9-18-13/h1,5-6,13H,2-4,7-9,15H2/t13-/m1/s1. The minimum atomic E-state index is -0.252. The molecule has 0 aromatic heterocycles. The molecule has 0 spiro atoms. The molecule has 1 saturated heterocycles. The van der Waals surface area contributed by atoms with E-state index >= 15 is 0 Å². The van der Waals surface area contributed by atoms with E-state index in [1.54, 1.807) is 0 Å². The number of benzene rings is 1. The van der Waals surface area contributed by atoms with Crippen molar-refractivity contribution in [3.63, 3.8) is 0 Å². The molecule has 2 aliphatic heterocycles. The summed E-state index contributed by atoms with van der Waals surface area (Å²) in [5.41, 5.74) is 8.86. The minimum Gasteiger partial charge on any atom is -0.398 e. The number of rotatable bonds is 1. The molecule has 1 fully saturated rings. The molecule has 0 radical (unpaired) electrons. The monoisotopic (exact) mass is 246 g/mol. The van der Waals surface area contributed by atoms with Crippen LogP contribution in [0.1, 0.15) is 24.8 Å². The lowest BCUT2D eigenvalue weighted by molar-refractivity contribution is -0.127. The first kappa shape index (κ1) is 11.5. The molecule has 1 amide bonds. The Bertz CT molecular complexity index is 467. The van der Waals surface area contributed by atoms with Gasteiger partial charge in [-0.05, 0) is 43.4 Å². The minimum absolute atomic E-state index is 0.0963.